The molecule has 3 aromatic rings. The van der Waals surface area contributed by atoms with Gasteiger partial charge in [0.15, 0.2) is 11.5 Å². The summed E-state index contributed by atoms with van der Waals surface area (Å²) in [4.78, 5) is 27.8. The highest BCUT2D eigenvalue weighted by Gasteiger charge is 2.46. The number of nitrogens with zero attached hydrogens (tertiary/aromatic N) is 1. The Bertz CT molecular complexity index is 1260. The maximum atomic E-state index is 13.2. The summed E-state index contributed by atoms with van der Waals surface area (Å²) in [6.45, 7) is 5.14. The summed E-state index contributed by atoms with van der Waals surface area (Å²) in [5.74, 6) is 0.256. The molecule has 1 amide bonds. The average molecular weight is 459 g/mol. The van der Waals surface area contributed by atoms with E-state index in [9.17, 15) is 14.7 Å². The number of hydrogen-bond donors (Lipinski definition) is 1. The van der Waals surface area contributed by atoms with E-state index in [1.165, 1.54) is 11.2 Å². The lowest BCUT2D eigenvalue weighted by Gasteiger charge is -2.25. The summed E-state index contributed by atoms with van der Waals surface area (Å²) in [6, 6.07) is 15.5. The van der Waals surface area contributed by atoms with Gasteiger partial charge in [0.1, 0.15) is 24.7 Å². The Labute approximate surface area is 197 Å². The van der Waals surface area contributed by atoms with Gasteiger partial charge in [-0.3, -0.25) is 9.59 Å². The van der Waals surface area contributed by atoms with Crippen LogP contribution in [0.3, 0.4) is 0 Å². The zero-order chi connectivity index (χ0) is 23.8. The van der Waals surface area contributed by atoms with E-state index in [0.717, 1.165) is 11.1 Å². The smallest absolute Gasteiger partial charge is 0.296 e. The largest absolute Gasteiger partial charge is 0.507 e. The molecule has 174 valence electrons. The van der Waals surface area contributed by atoms with Crippen LogP contribution in [0.25, 0.3) is 5.76 Å². The first-order valence-electron chi connectivity index (χ1n) is 11.2. The summed E-state index contributed by atoms with van der Waals surface area (Å²) in [5.41, 5.74) is 2.28. The first kappa shape index (κ1) is 21.8. The topological polar surface area (TPSA) is 89.2 Å². The Hall–Kier alpha value is -4.00. The van der Waals surface area contributed by atoms with Crippen molar-refractivity contribution in [2.45, 2.75) is 32.4 Å². The van der Waals surface area contributed by atoms with Gasteiger partial charge in [-0.15, -0.1) is 0 Å². The number of aliphatic hydroxyl groups excluding tert-OH is 1. The van der Waals surface area contributed by atoms with Crippen LogP contribution in [0.5, 0.6) is 11.5 Å². The molecule has 0 aliphatic carbocycles. The number of ketones is 1. The second-order valence-corrected chi connectivity index (χ2v) is 8.69. The van der Waals surface area contributed by atoms with Gasteiger partial charge in [0.2, 0.25) is 0 Å². The SMILES string of the molecule is CC(C)c1ccc([C@@H]2C(=C(O)c3ccc4c(c3)OCCO4)C(=O)C(=O)N2Cc2ccco2)cc1. The molecule has 5 rings (SSSR count). The molecule has 1 N–H and O–H groups in total. The maximum absolute atomic E-state index is 13.2. The number of furan rings is 1. The molecule has 0 saturated carbocycles. The Morgan fingerprint density at radius 3 is 2.44 bits per heavy atom. The highest BCUT2D eigenvalue weighted by atomic mass is 16.6. The molecule has 34 heavy (non-hydrogen) atoms. The second kappa shape index (κ2) is 8.74. The van der Waals surface area contributed by atoms with Crippen molar-refractivity contribution in [2.24, 2.45) is 0 Å². The number of aliphatic hydroxyl groups is 1. The zero-order valence-corrected chi connectivity index (χ0v) is 19.0. The number of carbonyl (C=O) groups is 2. The van der Waals surface area contributed by atoms with Gasteiger partial charge < -0.3 is 23.9 Å². The van der Waals surface area contributed by atoms with Crippen LogP contribution in [0, 0.1) is 0 Å². The summed E-state index contributed by atoms with van der Waals surface area (Å²) in [7, 11) is 0. The summed E-state index contributed by atoms with van der Waals surface area (Å²) >= 11 is 0. The van der Waals surface area contributed by atoms with Crippen LogP contribution < -0.4 is 9.47 Å². The number of hydrogen-bond acceptors (Lipinski definition) is 6. The van der Waals surface area contributed by atoms with Crippen LogP contribution in [0.4, 0.5) is 0 Å². The Kier molecular flexibility index (Phi) is 5.61. The lowest BCUT2D eigenvalue weighted by atomic mass is 9.93. The molecule has 0 unspecified atom stereocenters. The van der Waals surface area contributed by atoms with E-state index < -0.39 is 17.7 Å². The van der Waals surface area contributed by atoms with Gasteiger partial charge in [-0.1, -0.05) is 38.1 Å². The molecule has 1 aromatic heterocycles. The third-order valence-electron chi connectivity index (χ3n) is 6.18. The van der Waals surface area contributed by atoms with Crippen molar-refractivity contribution >= 4 is 17.4 Å². The molecule has 1 fully saturated rings. The van der Waals surface area contributed by atoms with Gasteiger partial charge >= 0.3 is 0 Å². The number of likely N-dealkylation sites (tertiary alicyclic amines) is 1. The average Bonchev–Trinajstić information content (AvgIpc) is 3.46. The quantitative estimate of drug-likeness (QED) is 0.335. The molecule has 7 heteroatoms. The first-order chi connectivity index (χ1) is 16.4. The molecule has 0 spiro atoms. The molecule has 2 aliphatic rings. The van der Waals surface area contributed by atoms with Crippen LogP contribution in [-0.4, -0.2) is 34.9 Å². The lowest BCUT2D eigenvalue weighted by molar-refractivity contribution is -0.140. The van der Waals surface area contributed by atoms with Crippen molar-refractivity contribution in [1.29, 1.82) is 0 Å². The van der Waals surface area contributed by atoms with Gasteiger partial charge in [-0.25, -0.2) is 0 Å². The Morgan fingerprint density at radius 2 is 1.76 bits per heavy atom. The fraction of sp³-hybridized carbons (Fsp3) is 0.259. The molecule has 1 atom stereocenters. The Balaban J connectivity index is 1.62. The molecule has 2 aromatic carbocycles. The number of benzene rings is 2. The van der Waals surface area contributed by atoms with Crippen molar-refractivity contribution in [3.63, 3.8) is 0 Å². The zero-order valence-electron chi connectivity index (χ0n) is 19.0. The highest BCUT2D eigenvalue weighted by molar-refractivity contribution is 6.46. The summed E-state index contributed by atoms with van der Waals surface area (Å²) in [6.07, 6.45) is 1.52. The van der Waals surface area contributed by atoms with E-state index in [-0.39, 0.29) is 17.9 Å². The number of amides is 1. The predicted octanol–water partition coefficient (Wildman–Crippen LogP) is 4.80. The van der Waals surface area contributed by atoms with Crippen LogP contribution in [0.15, 0.2) is 70.9 Å². The van der Waals surface area contributed by atoms with Gasteiger partial charge in [0.25, 0.3) is 11.7 Å². The van der Waals surface area contributed by atoms with Gasteiger partial charge in [-0.2, -0.15) is 0 Å². The minimum absolute atomic E-state index is 0.0329. The molecular formula is C27H25NO6. The van der Waals surface area contributed by atoms with Crippen LogP contribution in [-0.2, 0) is 16.1 Å². The van der Waals surface area contributed by atoms with Crippen LogP contribution in [0.1, 0.15) is 48.3 Å². The van der Waals surface area contributed by atoms with Crippen molar-refractivity contribution in [3.8, 4) is 11.5 Å². The van der Waals surface area contributed by atoms with Gasteiger partial charge in [-0.05, 0) is 47.4 Å². The van der Waals surface area contributed by atoms with Gasteiger partial charge in [0, 0.05) is 5.56 Å². The van der Waals surface area contributed by atoms with Crippen molar-refractivity contribution in [3.05, 3.63) is 88.9 Å². The summed E-state index contributed by atoms with van der Waals surface area (Å²) < 4.78 is 16.6. The number of Topliss-reactive ketones (excluding diaryl/α,β-unsaturated/α-hetero) is 1. The monoisotopic (exact) mass is 459 g/mol. The van der Waals surface area contributed by atoms with E-state index in [1.54, 1.807) is 30.3 Å². The van der Waals surface area contributed by atoms with E-state index in [4.69, 9.17) is 13.9 Å². The molecule has 3 heterocycles. The van der Waals surface area contributed by atoms with Crippen molar-refractivity contribution < 1.29 is 28.6 Å². The van der Waals surface area contributed by atoms with Crippen LogP contribution >= 0.6 is 0 Å². The molecular weight excluding hydrogens is 434 g/mol. The number of carbonyl (C=O) groups excluding carboxylic acids is 2. The van der Waals surface area contributed by atoms with E-state index >= 15 is 0 Å². The maximum Gasteiger partial charge on any atom is 0.296 e. The molecule has 0 radical (unpaired) electrons. The Morgan fingerprint density at radius 1 is 1.03 bits per heavy atom. The second-order valence-electron chi connectivity index (χ2n) is 8.69. The standard InChI is InChI=1S/C27H25NO6/c1-16(2)17-5-7-18(8-6-17)24-23(26(30)27(31)28(24)15-20-4-3-11-32-20)25(29)19-9-10-21-22(14-19)34-13-12-33-21/h3-11,14,16,24,29H,12-13,15H2,1-2H3/t24-/m1/s1. The van der Waals surface area contributed by atoms with Crippen molar-refractivity contribution in [1.82, 2.24) is 4.90 Å². The predicted molar refractivity (Wildman–Crippen MR) is 125 cm³/mol. The fourth-order valence-electron chi connectivity index (χ4n) is 4.37. The molecule has 1 saturated heterocycles. The lowest BCUT2D eigenvalue weighted by Crippen LogP contribution is -2.29. The third-order valence-corrected chi connectivity index (χ3v) is 6.18. The number of fused-ring (bicyclic) bond motifs is 1. The summed E-state index contributed by atoms with van der Waals surface area (Å²) in [5, 5.41) is 11.3. The molecule has 2 aliphatic heterocycles. The van der Waals surface area contributed by atoms with Crippen molar-refractivity contribution in [2.75, 3.05) is 13.2 Å². The van der Waals surface area contributed by atoms with Crippen LogP contribution in [0.2, 0.25) is 0 Å². The molecule has 0 bridgehead atoms. The molecule has 7 nitrogen and oxygen atoms in total. The fourth-order valence-corrected chi connectivity index (χ4v) is 4.37. The number of rotatable bonds is 5. The van der Waals surface area contributed by atoms with E-state index in [2.05, 4.69) is 13.8 Å². The third kappa shape index (κ3) is 3.83. The first-order valence-corrected chi connectivity index (χ1v) is 11.2. The minimum Gasteiger partial charge on any atom is -0.507 e. The van der Waals surface area contributed by atoms with E-state index in [0.29, 0.717) is 42.0 Å². The van der Waals surface area contributed by atoms with Gasteiger partial charge in [0.05, 0.1) is 24.4 Å². The minimum atomic E-state index is -0.764. The van der Waals surface area contributed by atoms with E-state index in [1.807, 2.05) is 24.3 Å². The number of ether oxygens (including phenoxy) is 2. The normalized spacial score (nSPS) is 19.1. The highest BCUT2D eigenvalue weighted by Crippen LogP contribution is 2.42.